The minimum atomic E-state index is 0.173. The fourth-order valence-electron chi connectivity index (χ4n) is 37.5. The predicted octanol–water partition coefficient (Wildman–Crippen LogP) is 24.4. The molecule has 6 aromatic carbocycles. The van der Waals surface area contributed by atoms with E-state index in [2.05, 4.69) is 72.8 Å². The Balaban J connectivity index is 0.745. The SMILES string of the molecule is COc1c2cc(C34CC5CC(CC(C5)C3)C4)cc1Cc1cc(C34CC5CC(CC(C5)C3)C4)cc(c1OC)Cc1cc(C34CC5CC(CC(C5)C3)C4)cc(c1OC)Cc1cc(C34CC5CC(CC(C5)C3)C4)cc(c1OC)Cc1cc(C34CC5CC(CC(C5)C3)C4)cc(c1OC)Cc1cc(C34CC5CC(CC(C5)C3)C4)cc(c1OC)C2. The molecule has 6 aromatic rings. The highest BCUT2D eigenvalue weighted by atomic mass is 16.5. The van der Waals surface area contributed by atoms with Crippen molar-refractivity contribution in [3.63, 3.8) is 0 Å². The molecular formula is C108H132O6. The number of hydrogen-bond acceptors (Lipinski definition) is 6. The van der Waals surface area contributed by atoms with Crippen LogP contribution in [0, 0.1) is 107 Å². The molecule has 0 radical (unpaired) electrons. The monoisotopic (exact) mass is 1530 g/mol. The van der Waals surface area contributed by atoms with E-state index in [1.54, 1.807) is 33.4 Å². The Labute approximate surface area is 683 Å². The number of methoxy groups -OCH3 is 6. The Bertz CT molecular complexity index is 3780. The van der Waals surface area contributed by atoms with E-state index in [1.165, 1.54) is 298 Å². The van der Waals surface area contributed by atoms with Crippen LogP contribution < -0.4 is 28.4 Å². The van der Waals surface area contributed by atoms with Gasteiger partial charge in [-0.3, -0.25) is 0 Å². The van der Waals surface area contributed by atoms with Crippen LogP contribution in [0.2, 0.25) is 0 Å². The van der Waals surface area contributed by atoms with Gasteiger partial charge in [0.15, 0.2) is 0 Å². The van der Waals surface area contributed by atoms with Gasteiger partial charge in [0.25, 0.3) is 0 Å². The number of ether oxygens (including phenoxy) is 6. The van der Waals surface area contributed by atoms with Crippen molar-refractivity contribution in [3.8, 4) is 34.5 Å². The van der Waals surface area contributed by atoms with Crippen LogP contribution in [0.15, 0.2) is 72.8 Å². The molecule has 36 bridgehead atoms. The van der Waals surface area contributed by atoms with Crippen molar-refractivity contribution in [2.75, 3.05) is 42.7 Å². The third-order valence-electron chi connectivity index (χ3n) is 38.9. The van der Waals surface area contributed by atoms with Gasteiger partial charge in [0.2, 0.25) is 0 Å². The number of fused-ring (bicyclic) bond motifs is 12. The summed E-state index contributed by atoms with van der Waals surface area (Å²) >= 11 is 0. The van der Waals surface area contributed by atoms with Gasteiger partial charge in [-0.1, -0.05) is 72.8 Å². The quantitative estimate of drug-likeness (QED) is 0.122. The lowest BCUT2D eigenvalue weighted by Crippen LogP contribution is -2.48. The highest BCUT2D eigenvalue weighted by Gasteiger charge is 2.59. The summed E-state index contributed by atoms with van der Waals surface area (Å²) in [6.07, 6.45) is 54.3. The molecule has 24 fully saturated rings. The fourth-order valence-corrected chi connectivity index (χ4v) is 37.5. The third-order valence-corrected chi connectivity index (χ3v) is 38.9. The van der Waals surface area contributed by atoms with E-state index in [1.807, 2.05) is 42.7 Å². The molecule has 0 unspecified atom stereocenters. The molecule has 6 heteroatoms. The van der Waals surface area contributed by atoms with Crippen molar-refractivity contribution in [1.29, 1.82) is 0 Å². The zero-order valence-corrected chi connectivity index (χ0v) is 70.5. The van der Waals surface area contributed by atoms with E-state index < -0.39 is 0 Å². The first-order chi connectivity index (χ1) is 55.5. The van der Waals surface area contributed by atoms with Gasteiger partial charge >= 0.3 is 0 Å². The summed E-state index contributed by atoms with van der Waals surface area (Å²) < 4.78 is 43.7. The second-order valence-electron chi connectivity index (χ2n) is 46.2. The maximum Gasteiger partial charge on any atom is 0.125 e. The van der Waals surface area contributed by atoms with Gasteiger partial charge in [0.05, 0.1) is 42.7 Å². The van der Waals surface area contributed by atoms with Crippen LogP contribution in [-0.2, 0) is 71.0 Å². The second-order valence-corrected chi connectivity index (χ2v) is 46.2. The molecule has 0 saturated heterocycles. The summed E-state index contributed by atoms with van der Waals surface area (Å²) in [5.41, 5.74) is 26.9. The van der Waals surface area contributed by atoms with Crippen LogP contribution in [0.25, 0.3) is 0 Å². The lowest BCUT2D eigenvalue weighted by molar-refractivity contribution is -0.00542. The molecule has 0 atom stereocenters. The van der Waals surface area contributed by atoms with E-state index in [0.29, 0.717) is 0 Å². The lowest BCUT2D eigenvalue weighted by Gasteiger charge is -2.57. The third kappa shape index (κ3) is 11.2. The van der Waals surface area contributed by atoms with E-state index in [0.717, 1.165) is 180 Å². The van der Waals surface area contributed by atoms with Gasteiger partial charge < -0.3 is 28.4 Å². The van der Waals surface area contributed by atoms with E-state index >= 15 is 0 Å². The Morgan fingerprint density at radius 1 is 0.158 bits per heavy atom. The standard InChI is InChI=1S/C108H132O6/c1-109-97-79-25-81-33-92(104-46-64-10-65(47-104)12-66(11-64)48-104)35-83(98(81)110-2)27-85-37-94(106-52-70-16-71(53-106)18-72(17-70)54-106)39-87(100(85)112-4)29-89-41-96(108-58-76-22-77(59-108)24-78(23-76)60-108)42-90(102(89)114-6)30-88-40-95(107-55-73-19-74(56-107)21-75(20-73)57-107)38-86(101(88)113-5)28-84-36-93(105-49-67-13-68(50-105)15-69(14-67)51-105)34-82(99(84)111-3)26-80(97)32-91(31-79)103-43-61-7-62(44-103)9-63(8-61)45-103/h31-42,61-78H,7-30,43-60H2,1-6H3. The summed E-state index contributed by atoms with van der Waals surface area (Å²) in [4.78, 5) is 0. The topological polar surface area (TPSA) is 55.4 Å². The Hall–Kier alpha value is -5.88. The Morgan fingerprint density at radius 2 is 0.246 bits per heavy atom. The molecule has 0 amide bonds. The molecule has 600 valence electrons. The minimum Gasteiger partial charge on any atom is -0.496 e. The normalized spacial score (nSPS) is 41.2. The highest BCUT2D eigenvalue weighted by Crippen LogP contribution is 2.69. The van der Waals surface area contributed by atoms with Crippen molar-refractivity contribution >= 4 is 0 Å². The molecule has 0 N–H and O–H groups in total. The Kier molecular flexibility index (Phi) is 16.1. The largest absolute Gasteiger partial charge is 0.496 e. The minimum absolute atomic E-state index is 0.173. The van der Waals surface area contributed by atoms with Gasteiger partial charge in [-0.05, 0) is 470 Å². The fraction of sp³-hybridized carbons (Fsp3) is 0.667. The zero-order valence-electron chi connectivity index (χ0n) is 70.5. The van der Waals surface area contributed by atoms with E-state index in [-0.39, 0.29) is 32.5 Å². The van der Waals surface area contributed by atoms with Gasteiger partial charge in [-0.2, -0.15) is 0 Å². The van der Waals surface area contributed by atoms with Crippen LogP contribution in [-0.4, -0.2) is 42.7 Å². The molecule has 0 heterocycles. The first-order valence-corrected chi connectivity index (χ1v) is 47.8. The van der Waals surface area contributed by atoms with E-state index in [9.17, 15) is 0 Å². The van der Waals surface area contributed by atoms with Crippen LogP contribution >= 0.6 is 0 Å². The lowest BCUT2D eigenvalue weighted by atomic mass is 9.48. The van der Waals surface area contributed by atoms with Crippen molar-refractivity contribution in [1.82, 2.24) is 0 Å². The summed E-state index contributed by atoms with van der Waals surface area (Å²) in [7, 11) is 12.2. The second kappa shape index (κ2) is 25.8. The van der Waals surface area contributed by atoms with Gasteiger partial charge in [-0.25, -0.2) is 0 Å². The molecule has 114 heavy (non-hydrogen) atoms. The molecule has 0 aromatic heterocycles. The summed E-state index contributed by atoms with van der Waals surface area (Å²) in [5, 5.41) is 0. The smallest absolute Gasteiger partial charge is 0.125 e. The van der Waals surface area contributed by atoms with Crippen molar-refractivity contribution in [3.05, 3.63) is 173 Å². The molecular weight excluding hydrogens is 1390 g/mol. The molecule has 31 rings (SSSR count). The van der Waals surface area contributed by atoms with Crippen molar-refractivity contribution in [2.45, 2.75) is 302 Å². The summed E-state index contributed by atoms with van der Waals surface area (Å²) in [6, 6.07) is 33.1. The molecule has 6 nitrogen and oxygen atoms in total. The average molecular weight is 1530 g/mol. The van der Waals surface area contributed by atoms with Crippen molar-refractivity contribution in [2.24, 2.45) is 107 Å². The van der Waals surface area contributed by atoms with Gasteiger partial charge in [-0.15, -0.1) is 0 Å². The maximum atomic E-state index is 7.29. The first kappa shape index (κ1) is 71.1. The predicted molar refractivity (Wildman–Crippen MR) is 454 cm³/mol. The number of hydrogen-bond donors (Lipinski definition) is 0. The van der Waals surface area contributed by atoms with Crippen LogP contribution in [0.3, 0.4) is 0 Å². The van der Waals surface area contributed by atoms with Crippen LogP contribution in [0.4, 0.5) is 0 Å². The summed E-state index contributed by atoms with van der Waals surface area (Å²) in [5.74, 6) is 21.4. The summed E-state index contributed by atoms with van der Waals surface area (Å²) in [6.45, 7) is 0. The van der Waals surface area contributed by atoms with Gasteiger partial charge in [0.1, 0.15) is 34.5 Å². The molecule has 25 aliphatic rings. The number of benzene rings is 6. The van der Waals surface area contributed by atoms with Gasteiger partial charge in [0, 0.05) is 38.5 Å². The van der Waals surface area contributed by atoms with E-state index in [4.69, 9.17) is 28.4 Å². The molecule has 0 spiro atoms. The molecule has 0 aliphatic heterocycles. The zero-order chi connectivity index (χ0) is 75.7. The molecule has 24 saturated carbocycles. The van der Waals surface area contributed by atoms with Crippen LogP contribution in [0.1, 0.15) is 331 Å². The first-order valence-electron chi connectivity index (χ1n) is 47.8. The van der Waals surface area contributed by atoms with Crippen molar-refractivity contribution < 1.29 is 28.4 Å². The average Bonchev–Trinajstić information content (AvgIpc) is 0.738. The van der Waals surface area contributed by atoms with Crippen LogP contribution in [0.5, 0.6) is 34.5 Å². The highest BCUT2D eigenvalue weighted by molar-refractivity contribution is 5.63. The molecule has 25 aliphatic carbocycles. The maximum absolute atomic E-state index is 7.29. The number of rotatable bonds is 12. The Morgan fingerprint density at radius 3 is 0.325 bits per heavy atom.